The Morgan fingerprint density at radius 2 is 1.03 bits per heavy atom. The molecule has 0 amide bonds. The van der Waals surface area contributed by atoms with Crippen molar-refractivity contribution in [2.75, 3.05) is 0 Å². The molecule has 5 rings (SSSR count). The first kappa shape index (κ1) is 35.4. The van der Waals surface area contributed by atoms with Gasteiger partial charge in [0, 0.05) is 0 Å². The molecule has 0 aliphatic carbocycles. The topological polar surface area (TPSA) is 0 Å². The van der Waals surface area contributed by atoms with Crippen molar-refractivity contribution in [3.05, 3.63) is 125 Å². The number of fused-ring (bicyclic) bond motifs is 2. The summed E-state index contributed by atoms with van der Waals surface area (Å²) < 4.78 is 0. The standard InChI is InChI=1S/2C13H15.C7H7.2ClH.Si.Zr/c2*1-4-11-6-5-10(3)12-7-9(2)8-13(11)12;1-7-5-3-2-4-6-7;;;;/h2*5-8H,4H2,1-3H3;2-6H,1H2;2*1H;;/q3*-1;;;;. The molecule has 4 heteroatoms. The summed E-state index contributed by atoms with van der Waals surface area (Å²) in [6, 6.07) is 28.0. The maximum absolute atomic E-state index is 3.72. The Morgan fingerprint density at radius 3 is 1.32 bits per heavy atom. The summed E-state index contributed by atoms with van der Waals surface area (Å²) in [7, 11) is 0. The fraction of sp³-hybridized carbons (Fsp3) is 0.242. The zero-order valence-corrected chi connectivity index (χ0v) is 28.0. The quantitative estimate of drug-likeness (QED) is 0.135. The third-order valence-corrected chi connectivity index (χ3v) is 6.28. The molecular formula is C33H39Cl2SiZr-3. The van der Waals surface area contributed by atoms with Gasteiger partial charge in [0.2, 0.25) is 0 Å². The molecule has 0 saturated carbocycles. The van der Waals surface area contributed by atoms with Gasteiger partial charge in [0.25, 0.3) is 0 Å². The molecule has 196 valence electrons. The van der Waals surface area contributed by atoms with Gasteiger partial charge >= 0.3 is 30.2 Å². The van der Waals surface area contributed by atoms with Crippen molar-refractivity contribution in [1.29, 1.82) is 0 Å². The number of halogens is 2. The van der Waals surface area contributed by atoms with Gasteiger partial charge < -0.3 is 0 Å². The summed E-state index contributed by atoms with van der Waals surface area (Å²) in [5, 5.41) is 5.74. The van der Waals surface area contributed by atoms with Gasteiger partial charge in [-0.15, -0.1) is 105 Å². The second kappa shape index (κ2) is 17.8. The van der Waals surface area contributed by atoms with E-state index in [1.807, 2.05) is 30.3 Å². The van der Waals surface area contributed by atoms with E-state index in [0.717, 1.165) is 18.4 Å². The van der Waals surface area contributed by atoms with Crippen molar-refractivity contribution in [1.82, 2.24) is 0 Å². The molecule has 0 bridgehead atoms. The number of hydrogen-bond acceptors (Lipinski definition) is 0. The van der Waals surface area contributed by atoms with E-state index in [0.29, 0.717) is 0 Å². The summed E-state index contributed by atoms with van der Waals surface area (Å²) >= 11 is 1.36. The molecule has 5 aromatic rings. The normalized spacial score (nSPS) is 9.43. The SMILES string of the molecule is CCc1ccc(C)c2[cH-]c(C)cc12.CCc1ccc(C)c2[cH-]c(C)cc12.Cl.Cl.[CH2-]c1ccccc1.[Si]=[Zr]. The molecule has 0 fully saturated rings. The van der Waals surface area contributed by atoms with Crippen LogP contribution in [0.3, 0.4) is 0 Å². The molecule has 0 nitrogen and oxygen atoms in total. The van der Waals surface area contributed by atoms with E-state index in [9.17, 15) is 0 Å². The molecule has 0 aliphatic heterocycles. The Balaban J connectivity index is 0.000000514. The molecule has 37 heavy (non-hydrogen) atoms. The van der Waals surface area contributed by atoms with Crippen molar-refractivity contribution in [2.45, 2.75) is 54.4 Å². The van der Waals surface area contributed by atoms with Gasteiger partial charge in [-0.2, -0.15) is 36.8 Å². The van der Waals surface area contributed by atoms with E-state index in [1.54, 1.807) is 0 Å². The van der Waals surface area contributed by atoms with Crippen molar-refractivity contribution < 1.29 is 23.3 Å². The number of benzene rings is 3. The van der Waals surface area contributed by atoms with Crippen molar-refractivity contribution >= 4 is 53.2 Å². The number of aryl methyl sites for hydroxylation is 6. The van der Waals surface area contributed by atoms with Crippen molar-refractivity contribution in [2.24, 2.45) is 0 Å². The van der Waals surface area contributed by atoms with Gasteiger partial charge in [0.05, 0.1) is 0 Å². The monoisotopic (exact) mass is 623 g/mol. The summed E-state index contributed by atoms with van der Waals surface area (Å²) in [4.78, 5) is 0. The van der Waals surface area contributed by atoms with Gasteiger partial charge in [-0.3, -0.25) is 0 Å². The van der Waals surface area contributed by atoms with Crippen molar-refractivity contribution in [3.8, 4) is 0 Å². The average molecular weight is 626 g/mol. The average Bonchev–Trinajstić information content (AvgIpc) is 3.46. The van der Waals surface area contributed by atoms with Gasteiger partial charge in [-0.1, -0.05) is 70.9 Å². The molecule has 0 heterocycles. The van der Waals surface area contributed by atoms with Crippen LogP contribution in [-0.2, 0) is 36.2 Å². The van der Waals surface area contributed by atoms with Crippen LogP contribution >= 0.6 is 24.8 Å². The van der Waals surface area contributed by atoms with Crippen LogP contribution in [0.15, 0.2) is 78.9 Å². The molecule has 0 aromatic heterocycles. The third kappa shape index (κ3) is 9.92. The van der Waals surface area contributed by atoms with Crippen LogP contribution in [0, 0.1) is 34.6 Å². The molecule has 5 aromatic carbocycles. The van der Waals surface area contributed by atoms with Gasteiger partial charge in [-0.25, -0.2) is 0 Å². The van der Waals surface area contributed by atoms with E-state index in [-0.39, 0.29) is 24.8 Å². The Hall–Kier alpha value is -1.57. The summed E-state index contributed by atoms with van der Waals surface area (Å²) in [6.07, 6.45) is 2.25. The third-order valence-electron chi connectivity index (χ3n) is 6.28. The van der Waals surface area contributed by atoms with Crippen LogP contribution in [-0.4, -0.2) is 6.88 Å². The Bertz CT molecular complexity index is 1260. The van der Waals surface area contributed by atoms with E-state index >= 15 is 0 Å². The minimum atomic E-state index is 0. The molecule has 0 saturated heterocycles. The van der Waals surface area contributed by atoms with Gasteiger partial charge in [0.15, 0.2) is 0 Å². The molecule has 0 N–H and O–H groups in total. The molecule has 0 spiro atoms. The Kier molecular flexibility index (Phi) is 17.1. The first-order valence-corrected chi connectivity index (χ1v) is 16.5. The first-order chi connectivity index (χ1) is 16.8. The Labute approximate surface area is 254 Å². The second-order valence-corrected chi connectivity index (χ2v) is 9.00. The van der Waals surface area contributed by atoms with E-state index in [2.05, 4.69) is 104 Å². The van der Waals surface area contributed by atoms with Crippen LogP contribution in [0.25, 0.3) is 21.5 Å². The minimum absolute atomic E-state index is 0. The molecule has 0 unspecified atom stereocenters. The molecule has 0 atom stereocenters. The van der Waals surface area contributed by atoms with Crippen LogP contribution in [0.1, 0.15) is 52.8 Å². The van der Waals surface area contributed by atoms with E-state index in [1.165, 1.54) is 78.3 Å². The van der Waals surface area contributed by atoms with Gasteiger partial charge in [0.1, 0.15) is 0 Å². The number of hydrogen-bond donors (Lipinski definition) is 0. The Morgan fingerprint density at radius 1 is 0.649 bits per heavy atom. The summed E-state index contributed by atoms with van der Waals surface area (Å²) in [5.41, 5.74) is 9.53. The van der Waals surface area contributed by atoms with Gasteiger partial charge in [-0.05, 0) is 12.8 Å². The maximum atomic E-state index is 3.72. The molecular weight excluding hydrogens is 587 g/mol. The van der Waals surface area contributed by atoms with Crippen LogP contribution in [0.4, 0.5) is 0 Å². The second-order valence-electron chi connectivity index (χ2n) is 9.00. The zero-order chi connectivity index (χ0) is 26.0. The van der Waals surface area contributed by atoms with Crippen LogP contribution in [0.2, 0.25) is 0 Å². The summed E-state index contributed by atoms with van der Waals surface area (Å²) in [6.45, 7) is 19.9. The van der Waals surface area contributed by atoms with Crippen LogP contribution in [0.5, 0.6) is 0 Å². The predicted molar refractivity (Wildman–Crippen MR) is 168 cm³/mol. The van der Waals surface area contributed by atoms with Crippen LogP contribution < -0.4 is 0 Å². The van der Waals surface area contributed by atoms with E-state index < -0.39 is 0 Å². The molecule has 0 aliphatic rings. The predicted octanol–water partition coefficient (Wildman–Crippen LogP) is 9.80. The fourth-order valence-electron chi connectivity index (χ4n) is 4.39. The fourth-order valence-corrected chi connectivity index (χ4v) is 4.39. The van der Waals surface area contributed by atoms with E-state index in [4.69, 9.17) is 0 Å². The molecule has 2 radical (unpaired) electrons. The number of rotatable bonds is 2. The van der Waals surface area contributed by atoms with Crippen molar-refractivity contribution in [3.63, 3.8) is 0 Å². The first-order valence-electron chi connectivity index (χ1n) is 12.3. The zero-order valence-electron chi connectivity index (χ0n) is 22.9. The summed E-state index contributed by atoms with van der Waals surface area (Å²) in [5.74, 6) is 0.